The first-order valence-electron chi connectivity index (χ1n) is 5.37. The van der Waals surface area contributed by atoms with Gasteiger partial charge in [-0.15, -0.1) is 0 Å². The molecule has 0 aromatic heterocycles. The van der Waals surface area contributed by atoms with Gasteiger partial charge >= 0.3 is 111 Å². The van der Waals surface area contributed by atoms with Crippen LogP contribution in [0.5, 0.6) is 0 Å². The van der Waals surface area contributed by atoms with Crippen LogP contribution < -0.4 is 24.8 Å². The summed E-state index contributed by atoms with van der Waals surface area (Å²) in [6.45, 7) is 4.07. The van der Waals surface area contributed by atoms with Gasteiger partial charge in [0.1, 0.15) is 0 Å². The molecule has 2 aliphatic carbocycles. The molecule has 0 saturated carbocycles. The average Bonchev–Trinajstić information content (AvgIpc) is 2.85. The molecule has 0 fully saturated rings. The molecular weight excluding hydrogens is 342 g/mol. The Bertz CT molecular complexity index is 568. The summed E-state index contributed by atoms with van der Waals surface area (Å²) >= 11 is 1.46. The van der Waals surface area contributed by atoms with E-state index >= 15 is 0 Å². The number of hydrogen-bond acceptors (Lipinski definition) is 0. The first-order chi connectivity index (χ1) is 7.77. The fourth-order valence-corrected chi connectivity index (χ4v) is 3.11. The van der Waals surface area contributed by atoms with Crippen LogP contribution >= 0.6 is 0 Å². The normalized spacial score (nSPS) is 19.7. The van der Waals surface area contributed by atoms with Crippen LogP contribution in [-0.2, 0) is 24.7 Å². The van der Waals surface area contributed by atoms with Gasteiger partial charge in [-0.25, -0.2) is 0 Å². The molecule has 0 aliphatic heterocycles. The van der Waals surface area contributed by atoms with Gasteiger partial charge in [-0.3, -0.25) is 0 Å². The average molecular weight is 353 g/mol. The van der Waals surface area contributed by atoms with Gasteiger partial charge in [-0.05, 0) is 0 Å². The molecule has 1 aromatic carbocycles. The van der Waals surface area contributed by atoms with Crippen LogP contribution in [0, 0.1) is 0 Å². The van der Waals surface area contributed by atoms with Gasteiger partial charge in [-0.2, -0.15) is 0 Å². The van der Waals surface area contributed by atoms with Crippen molar-refractivity contribution in [2.45, 2.75) is 5.92 Å². The van der Waals surface area contributed by atoms with Crippen molar-refractivity contribution in [3.8, 4) is 0 Å². The summed E-state index contributed by atoms with van der Waals surface area (Å²) < 4.78 is 1.42. The second kappa shape index (κ2) is 6.19. The second-order valence-corrected chi connectivity index (χ2v) is 5.38. The van der Waals surface area contributed by atoms with Crippen molar-refractivity contribution in [1.29, 1.82) is 0 Å². The van der Waals surface area contributed by atoms with E-state index in [1.54, 1.807) is 0 Å². The van der Waals surface area contributed by atoms with E-state index in [-0.39, 0.29) is 24.8 Å². The zero-order valence-electron chi connectivity index (χ0n) is 9.66. The van der Waals surface area contributed by atoms with E-state index in [1.165, 1.54) is 50.3 Å². The van der Waals surface area contributed by atoms with Crippen LogP contribution in [0.2, 0.25) is 0 Å². The third-order valence-corrected chi connectivity index (χ3v) is 4.71. The van der Waals surface area contributed by atoms with E-state index in [0.29, 0.717) is 5.92 Å². The van der Waals surface area contributed by atoms with Crippen molar-refractivity contribution in [1.82, 2.24) is 0 Å². The molecule has 18 heavy (non-hydrogen) atoms. The Morgan fingerprint density at radius 3 is 2.39 bits per heavy atom. The summed E-state index contributed by atoms with van der Waals surface area (Å²) in [7, 11) is 0. The summed E-state index contributed by atoms with van der Waals surface area (Å²) in [6.07, 6.45) is 8.88. The number of fused-ring (bicyclic) bond motifs is 1. The molecule has 0 saturated heterocycles. The minimum absolute atomic E-state index is 0. The van der Waals surface area contributed by atoms with E-state index in [0.717, 1.165) is 0 Å². The number of rotatable bonds is 1. The van der Waals surface area contributed by atoms with Crippen molar-refractivity contribution < 1.29 is 49.5 Å². The van der Waals surface area contributed by atoms with E-state index in [1.807, 2.05) is 0 Å². The molecule has 0 nitrogen and oxygen atoms in total. The Morgan fingerprint density at radius 2 is 1.72 bits per heavy atom. The summed E-state index contributed by atoms with van der Waals surface area (Å²) in [5.74, 6) is 0.445. The maximum Gasteiger partial charge on any atom is -1.00 e. The van der Waals surface area contributed by atoms with Crippen molar-refractivity contribution in [2.24, 2.45) is 0 Å². The molecule has 1 atom stereocenters. The van der Waals surface area contributed by atoms with Crippen molar-refractivity contribution in [3.63, 3.8) is 0 Å². The van der Waals surface area contributed by atoms with Crippen LogP contribution in [0.3, 0.4) is 0 Å². The summed E-state index contributed by atoms with van der Waals surface area (Å²) in [4.78, 5) is 0. The number of allylic oxidation sites excluding steroid dienone is 6. The molecule has 0 bridgehead atoms. The van der Waals surface area contributed by atoms with Crippen molar-refractivity contribution in [3.05, 3.63) is 74.6 Å². The minimum atomic E-state index is 0. The predicted octanol–water partition coefficient (Wildman–Crippen LogP) is -2.27. The monoisotopic (exact) mass is 351 g/mol. The fraction of sp³-hybridized carbons (Fsp3) is 0.0667. The van der Waals surface area contributed by atoms with E-state index < -0.39 is 0 Å². The SMILES string of the molecule is C=C1C=CC(C2C=Cc3ccccc32)=[C]1[Zr+2].[Cl-].[Cl-]. The topological polar surface area (TPSA) is 0 Å². The minimum Gasteiger partial charge on any atom is -1.00 e. The first kappa shape index (κ1) is 15.7. The molecule has 0 heterocycles. The molecule has 2 aliphatic rings. The zero-order chi connectivity index (χ0) is 11.1. The van der Waals surface area contributed by atoms with Crippen LogP contribution in [0.1, 0.15) is 17.0 Å². The van der Waals surface area contributed by atoms with Gasteiger partial charge < -0.3 is 24.8 Å². The Morgan fingerprint density at radius 1 is 1.00 bits per heavy atom. The maximum atomic E-state index is 4.07. The van der Waals surface area contributed by atoms with Crippen LogP contribution in [0.15, 0.2) is 63.5 Å². The molecule has 1 aromatic rings. The molecule has 0 spiro atoms. The summed E-state index contributed by atoms with van der Waals surface area (Å²) in [5.41, 5.74) is 5.40. The number of hydrogen-bond donors (Lipinski definition) is 0. The smallest absolute Gasteiger partial charge is 1.00 e. The number of benzene rings is 1. The van der Waals surface area contributed by atoms with E-state index in [2.05, 4.69) is 55.1 Å². The Labute approximate surface area is 135 Å². The summed E-state index contributed by atoms with van der Waals surface area (Å²) in [5, 5.41) is 0. The van der Waals surface area contributed by atoms with Gasteiger partial charge in [-0.1, -0.05) is 0 Å². The van der Waals surface area contributed by atoms with Gasteiger partial charge in [0.2, 0.25) is 0 Å². The molecule has 3 rings (SSSR count). The summed E-state index contributed by atoms with van der Waals surface area (Å²) in [6, 6.07) is 8.63. The van der Waals surface area contributed by atoms with Crippen LogP contribution in [0.25, 0.3) is 6.08 Å². The van der Waals surface area contributed by atoms with Gasteiger partial charge in [0.15, 0.2) is 0 Å². The van der Waals surface area contributed by atoms with Crippen molar-refractivity contribution in [2.75, 3.05) is 0 Å². The fourth-order valence-electron chi connectivity index (χ4n) is 2.32. The molecule has 0 radical (unpaired) electrons. The predicted molar refractivity (Wildman–Crippen MR) is 63.5 cm³/mol. The Hall–Kier alpha value is -0.357. The van der Waals surface area contributed by atoms with Crippen LogP contribution in [-0.4, -0.2) is 0 Å². The first-order valence-corrected chi connectivity index (χ1v) is 6.60. The molecular formula is C15H11Cl2Zr. The molecule has 0 amide bonds. The third-order valence-electron chi connectivity index (χ3n) is 3.21. The van der Waals surface area contributed by atoms with Gasteiger partial charge in [0.05, 0.1) is 0 Å². The molecule has 89 valence electrons. The third kappa shape index (κ3) is 2.50. The van der Waals surface area contributed by atoms with E-state index in [4.69, 9.17) is 0 Å². The number of halogens is 2. The van der Waals surface area contributed by atoms with Crippen molar-refractivity contribution >= 4 is 6.08 Å². The van der Waals surface area contributed by atoms with Gasteiger partial charge in [0, 0.05) is 0 Å². The van der Waals surface area contributed by atoms with Crippen LogP contribution in [0.4, 0.5) is 0 Å². The van der Waals surface area contributed by atoms with E-state index in [9.17, 15) is 0 Å². The largest absolute Gasteiger partial charge is 1.00 e. The Kier molecular flexibility index (Phi) is 5.40. The standard InChI is InChI=1S/C15H11.2ClH.Zr/c1-11-6-7-13(10-11)15-9-8-12-4-2-3-5-14(12)15;;;/h2-9,15H,1H2;2*1H;/q;;;+2/p-2. The molecule has 0 N–H and O–H groups in total. The quantitative estimate of drug-likeness (QED) is 0.534. The Balaban J connectivity index is 0.000000810. The maximum absolute atomic E-state index is 4.07. The van der Waals surface area contributed by atoms with Gasteiger partial charge in [0.25, 0.3) is 0 Å². The zero-order valence-corrected chi connectivity index (χ0v) is 13.6. The second-order valence-electron chi connectivity index (χ2n) is 4.15. The molecule has 3 heteroatoms. The molecule has 1 unspecified atom stereocenters.